The number of benzene rings is 1. The second kappa shape index (κ2) is 4.04. The van der Waals surface area contributed by atoms with Crippen molar-refractivity contribution in [2.45, 2.75) is 44.7 Å². The summed E-state index contributed by atoms with van der Waals surface area (Å²) < 4.78 is 5.15. The van der Waals surface area contributed by atoms with Crippen molar-refractivity contribution in [2.75, 3.05) is 0 Å². The Bertz CT molecular complexity index is 729. The number of nitrogens with zero attached hydrogens (tertiary/aromatic N) is 2. The third-order valence-corrected chi connectivity index (χ3v) is 7.02. The van der Waals surface area contributed by atoms with Crippen molar-refractivity contribution in [3.05, 3.63) is 42.2 Å². The Hall–Kier alpha value is -1.57. The van der Waals surface area contributed by atoms with Gasteiger partial charge in [-0.2, -0.15) is 0 Å². The van der Waals surface area contributed by atoms with E-state index in [1.165, 1.54) is 42.6 Å². The van der Waals surface area contributed by atoms with Crippen LogP contribution in [0.3, 0.4) is 0 Å². The summed E-state index contributed by atoms with van der Waals surface area (Å²) in [6, 6.07) is 9.76. The fourth-order valence-electron chi connectivity index (χ4n) is 6.51. The zero-order chi connectivity index (χ0) is 14.3. The van der Waals surface area contributed by atoms with E-state index in [9.17, 15) is 0 Å². The summed E-state index contributed by atoms with van der Waals surface area (Å²) in [5, 5.41) is 0. The maximum Gasteiger partial charge on any atom is 0.289 e. The molecule has 2 aromatic rings. The van der Waals surface area contributed by atoms with Crippen LogP contribution < -0.4 is 4.57 Å². The minimum Gasteiger partial charge on any atom is -0.227 e. The molecule has 4 saturated carbocycles. The summed E-state index contributed by atoms with van der Waals surface area (Å²) in [6.45, 7) is 1.06. The van der Waals surface area contributed by atoms with Gasteiger partial charge in [-0.3, -0.25) is 0 Å². The lowest BCUT2D eigenvalue weighted by Crippen LogP contribution is -2.46. The summed E-state index contributed by atoms with van der Waals surface area (Å²) in [5.41, 5.74) is 2.97. The number of rotatable bonds is 1. The van der Waals surface area contributed by atoms with Crippen LogP contribution in [0.4, 0.5) is 0 Å². The Morgan fingerprint density at radius 3 is 2.41 bits per heavy atom. The molecule has 2 heterocycles. The van der Waals surface area contributed by atoms with Crippen molar-refractivity contribution in [1.82, 2.24) is 4.57 Å². The van der Waals surface area contributed by atoms with Crippen LogP contribution >= 0.6 is 0 Å². The molecule has 0 unspecified atom stereocenters. The molecule has 5 aliphatic rings. The maximum atomic E-state index is 2.68. The zero-order valence-electron chi connectivity index (χ0n) is 13.0. The Morgan fingerprint density at radius 2 is 1.64 bits per heavy atom. The summed E-state index contributed by atoms with van der Waals surface area (Å²) in [6.07, 6.45) is 12.2. The van der Waals surface area contributed by atoms with Gasteiger partial charge < -0.3 is 0 Å². The zero-order valence-corrected chi connectivity index (χ0v) is 13.0. The molecule has 2 heteroatoms. The minimum absolute atomic E-state index is 0.773. The van der Waals surface area contributed by atoms with Crippen LogP contribution in [0.25, 0.3) is 11.4 Å². The Balaban J connectivity index is 1.48. The van der Waals surface area contributed by atoms with E-state index in [4.69, 9.17) is 0 Å². The molecule has 22 heavy (non-hydrogen) atoms. The third-order valence-electron chi connectivity index (χ3n) is 7.02. The first-order valence-electron chi connectivity index (χ1n) is 9.05. The third kappa shape index (κ3) is 1.44. The lowest BCUT2D eigenvalue weighted by Gasteiger charge is -2.52. The average molecular weight is 291 g/mol. The molecule has 0 radical (unpaired) electrons. The molecule has 2 nitrogen and oxygen atoms in total. The van der Waals surface area contributed by atoms with E-state index in [0.29, 0.717) is 0 Å². The number of imidazole rings is 1. The van der Waals surface area contributed by atoms with Crippen LogP contribution in [0.5, 0.6) is 0 Å². The van der Waals surface area contributed by atoms with Crippen LogP contribution in [0, 0.1) is 23.7 Å². The van der Waals surface area contributed by atoms with Gasteiger partial charge in [0.1, 0.15) is 25.0 Å². The lowest BCUT2D eigenvalue weighted by atomic mass is 9.54. The molecule has 1 aromatic carbocycles. The summed E-state index contributed by atoms with van der Waals surface area (Å²) in [7, 11) is 0. The van der Waals surface area contributed by atoms with Gasteiger partial charge in [0.15, 0.2) is 0 Å². The first kappa shape index (κ1) is 11.9. The molecule has 1 aromatic heterocycles. The van der Waals surface area contributed by atoms with Crippen LogP contribution in [-0.2, 0) is 6.54 Å². The molecule has 1 aliphatic heterocycles. The fraction of sp³-hybridized carbons (Fsp3) is 0.550. The molecule has 0 saturated heterocycles. The summed E-state index contributed by atoms with van der Waals surface area (Å²) in [4.78, 5) is 0. The van der Waals surface area contributed by atoms with E-state index < -0.39 is 0 Å². The number of hydrogen-bond donors (Lipinski definition) is 0. The van der Waals surface area contributed by atoms with Gasteiger partial charge in [0.25, 0.3) is 5.82 Å². The minimum atomic E-state index is 0.773. The topological polar surface area (TPSA) is 8.81 Å². The van der Waals surface area contributed by atoms with Crippen LogP contribution in [0.1, 0.15) is 43.7 Å². The van der Waals surface area contributed by atoms with E-state index in [2.05, 4.69) is 45.8 Å². The molecule has 4 fully saturated rings. The van der Waals surface area contributed by atoms with Crippen molar-refractivity contribution in [3.63, 3.8) is 0 Å². The van der Waals surface area contributed by atoms with Gasteiger partial charge in [-0.05, 0) is 50.0 Å². The van der Waals surface area contributed by atoms with Crippen molar-refractivity contribution < 1.29 is 4.57 Å². The van der Waals surface area contributed by atoms with Gasteiger partial charge in [-0.25, -0.2) is 9.13 Å². The smallest absolute Gasteiger partial charge is 0.227 e. The van der Waals surface area contributed by atoms with Gasteiger partial charge in [0, 0.05) is 17.4 Å². The van der Waals surface area contributed by atoms with E-state index in [1.54, 1.807) is 6.42 Å². The van der Waals surface area contributed by atoms with E-state index in [-0.39, 0.29) is 0 Å². The van der Waals surface area contributed by atoms with Crippen molar-refractivity contribution >= 4 is 0 Å². The predicted molar refractivity (Wildman–Crippen MR) is 85.2 cm³/mol. The number of hydrogen-bond acceptors (Lipinski definition) is 0. The number of aromatic nitrogens is 2. The molecule has 0 amide bonds. The summed E-state index contributed by atoms with van der Waals surface area (Å²) in [5.74, 6) is 5.49. The molecule has 4 aliphatic carbocycles. The molecular formula is C20H23N2+. The normalized spacial score (nSPS) is 37.4. The van der Waals surface area contributed by atoms with Gasteiger partial charge >= 0.3 is 0 Å². The van der Waals surface area contributed by atoms with Crippen LogP contribution in [-0.4, -0.2) is 4.57 Å². The van der Waals surface area contributed by atoms with E-state index in [0.717, 1.165) is 36.3 Å². The average Bonchev–Trinajstić information content (AvgIpc) is 3.06. The highest BCUT2D eigenvalue weighted by molar-refractivity contribution is 5.60. The lowest BCUT2D eigenvalue weighted by molar-refractivity contribution is -0.671. The van der Waals surface area contributed by atoms with Crippen LogP contribution in [0.15, 0.2) is 36.7 Å². The predicted octanol–water partition coefficient (Wildman–Crippen LogP) is 3.80. The standard InChI is InChI=1S/C20H23N2/c1-2-4-18-15(3-1)12-21-5-6-22(20(18)21)19-16-8-13-7-14(10-16)11-17(19)9-13/h1-6,13-14,16-17,19H,7-12H2/q+1. The molecular weight excluding hydrogens is 268 g/mol. The molecule has 0 spiro atoms. The highest BCUT2D eigenvalue weighted by Gasteiger charge is 2.52. The second-order valence-electron chi connectivity index (χ2n) is 8.24. The highest BCUT2D eigenvalue weighted by Crippen LogP contribution is 2.58. The summed E-state index contributed by atoms with van der Waals surface area (Å²) >= 11 is 0. The fourth-order valence-corrected chi connectivity index (χ4v) is 6.51. The van der Waals surface area contributed by atoms with Gasteiger partial charge in [-0.15, -0.1) is 0 Å². The maximum absolute atomic E-state index is 2.68. The van der Waals surface area contributed by atoms with Gasteiger partial charge in [-0.1, -0.05) is 18.2 Å². The van der Waals surface area contributed by atoms with E-state index >= 15 is 0 Å². The second-order valence-corrected chi connectivity index (χ2v) is 8.24. The van der Waals surface area contributed by atoms with E-state index in [1.807, 2.05) is 0 Å². The molecule has 0 N–H and O–H groups in total. The number of fused-ring (bicyclic) bond motifs is 3. The quantitative estimate of drug-likeness (QED) is 0.603. The van der Waals surface area contributed by atoms with Gasteiger partial charge in [0.05, 0.1) is 5.56 Å². The molecule has 7 rings (SSSR count). The molecule has 112 valence electrons. The molecule has 4 bridgehead atoms. The Morgan fingerprint density at radius 1 is 0.909 bits per heavy atom. The van der Waals surface area contributed by atoms with Crippen molar-refractivity contribution in [2.24, 2.45) is 23.7 Å². The monoisotopic (exact) mass is 291 g/mol. The van der Waals surface area contributed by atoms with Crippen molar-refractivity contribution in [3.8, 4) is 11.4 Å². The molecule has 0 atom stereocenters. The first-order valence-corrected chi connectivity index (χ1v) is 9.05. The van der Waals surface area contributed by atoms with Crippen molar-refractivity contribution in [1.29, 1.82) is 0 Å². The largest absolute Gasteiger partial charge is 0.289 e. The first-order chi connectivity index (χ1) is 10.9. The van der Waals surface area contributed by atoms with Gasteiger partial charge in [0.2, 0.25) is 0 Å². The Kier molecular flexibility index (Phi) is 2.19. The highest BCUT2D eigenvalue weighted by atomic mass is 15.2. The Labute approximate surface area is 131 Å². The van der Waals surface area contributed by atoms with Crippen LogP contribution in [0.2, 0.25) is 0 Å². The SMILES string of the molecule is c1ccc2c(c1)C[n+]1ccn(C3C4CC5CC(C4)CC3C5)c1-2.